The maximum Gasteiger partial charge on any atom is 0.330 e. The molecule has 0 aliphatic rings. The van der Waals surface area contributed by atoms with Crippen molar-refractivity contribution in [3.8, 4) is 0 Å². The molecule has 0 aromatic heterocycles. The average molecular weight is 272 g/mol. The molecule has 0 rings (SSSR count). The van der Waals surface area contributed by atoms with Gasteiger partial charge in [-0.25, -0.2) is 4.79 Å². The zero-order chi connectivity index (χ0) is 14.5. The number of ether oxygens (including phenoxy) is 1. The molecule has 2 N–H and O–H groups in total. The number of rotatable bonds is 12. The van der Waals surface area contributed by atoms with Crippen LogP contribution in [-0.4, -0.2) is 35.5 Å². The van der Waals surface area contributed by atoms with Crippen molar-refractivity contribution in [3.05, 3.63) is 11.6 Å². The predicted molar refractivity (Wildman–Crippen MR) is 76.2 cm³/mol. The van der Waals surface area contributed by atoms with E-state index in [4.69, 9.17) is 9.84 Å². The monoisotopic (exact) mass is 272 g/mol. The summed E-state index contributed by atoms with van der Waals surface area (Å²) in [7, 11) is 0. The van der Waals surface area contributed by atoms with Crippen LogP contribution in [-0.2, 0) is 9.53 Å². The highest BCUT2D eigenvalue weighted by molar-refractivity contribution is 5.85. The number of carboxylic acid groups (broad SMARTS) is 1. The lowest BCUT2D eigenvalue weighted by molar-refractivity contribution is -0.132. The first kappa shape index (κ1) is 18.1. The molecule has 0 bridgehead atoms. The van der Waals surface area contributed by atoms with Gasteiger partial charge in [-0.05, 0) is 19.8 Å². The summed E-state index contributed by atoms with van der Waals surface area (Å²) in [5, 5.41) is 18.2. The SMILES string of the molecule is CCCCCCCCOCC(O)CC=C(C)C(=O)O. The number of hydrogen-bond donors (Lipinski definition) is 2. The molecule has 0 fully saturated rings. The first-order valence-electron chi connectivity index (χ1n) is 7.23. The number of hydrogen-bond acceptors (Lipinski definition) is 3. The van der Waals surface area contributed by atoms with Crippen LogP contribution in [0.3, 0.4) is 0 Å². The Hall–Kier alpha value is -0.870. The average Bonchev–Trinajstić information content (AvgIpc) is 2.38. The van der Waals surface area contributed by atoms with Crippen molar-refractivity contribution >= 4 is 5.97 Å². The van der Waals surface area contributed by atoms with E-state index in [0.717, 1.165) is 6.42 Å². The number of aliphatic hydroxyl groups excluding tert-OH is 1. The summed E-state index contributed by atoms with van der Waals surface area (Å²) in [5.41, 5.74) is 0.259. The zero-order valence-electron chi connectivity index (χ0n) is 12.2. The van der Waals surface area contributed by atoms with Gasteiger partial charge in [0.1, 0.15) is 0 Å². The van der Waals surface area contributed by atoms with Crippen LogP contribution < -0.4 is 0 Å². The molecule has 0 aliphatic carbocycles. The molecule has 4 heteroatoms. The Bertz CT molecular complexity index is 261. The zero-order valence-corrected chi connectivity index (χ0v) is 12.2. The van der Waals surface area contributed by atoms with Gasteiger partial charge in [0.2, 0.25) is 0 Å². The van der Waals surface area contributed by atoms with Gasteiger partial charge in [0, 0.05) is 12.2 Å². The second-order valence-corrected chi connectivity index (χ2v) is 4.92. The number of aliphatic hydroxyl groups is 1. The number of unbranched alkanes of at least 4 members (excludes halogenated alkanes) is 5. The highest BCUT2D eigenvalue weighted by atomic mass is 16.5. The Labute approximate surface area is 116 Å². The molecule has 0 aromatic rings. The third-order valence-corrected chi connectivity index (χ3v) is 2.99. The van der Waals surface area contributed by atoms with Gasteiger partial charge in [0.15, 0.2) is 0 Å². The van der Waals surface area contributed by atoms with Gasteiger partial charge in [0.05, 0.1) is 12.7 Å². The van der Waals surface area contributed by atoms with E-state index >= 15 is 0 Å². The highest BCUT2D eigenvalue weighted by Crippen LogP contribution is 2.05. The van der Waals surface area contributed by atoms with Crippen LogP contribution in [0.1, 0.15) is 58.8 Å². The molecule has 0 radical (unpaired) electrons. The minimum atomic E-state index is -0.944. The summed E-state index contributed by atoms with van der Waals surface area (Å²) >= 11 is 0. The summed E-state index contributed by atoms with van der Waals surface area (Å²) < 4.78 is 5.37. The van der Waals surface area contributed by atoms with E-state index in [1.54, 1.807) is 0 Å². The van der Waals surface area contributed by atoms with Crippen molar-refractivity contribution in [2.24, 2.45) is 0 Å². The predicted octanol–water partition coefficient (Wildman–Crippen LogP) is 3.15. The molecule has 0 saturated heterocycles. The topological polar surface area (TPSA) is 66.8 Å². The Morgan fingerprint density at radius 2 is 1.84 bits per heavy atom. The van der Waals surface area contributed by atoms with Gasteiger partial charge in [-0.3, -0.25) is 0 Å². The Morgan fingerprint density at radius 1 is 1.21 bits per heavy atom. The van der Waals surface area contributed by atoms with Gasteiger partial charge < -0.3 is 14.9 Å². The van der Waals surface area contributed by atoms with Crippen molar-refractivity contribution in [3.63, 3.8) is 0 Å². The van der Waals surface area contributed by atoms with E-state index in [0.29, 0.717) is 13.0 Å². The Balaban J connectivity index is 3.41. The lowest BCUT2D eigenvalue weighted by Gasteiger charge is -2.09. The van der Waals surface area contributed by atoms with Crippen LogP contribution in [0.4, 0.5) is 0 Å². The molecular weight excluding hydrogens is 244 g/mol. The lowest BCUT2D eigenvalue weighted by atomic mass is 10.1. The first-order valence-corrected chi connectivity index (χ1v) is 7.23. The fourth-order valence-electron chi connectivity index (χ4n) is 1.67. The molecule has 0 heterocycles. The summed E-state index contributed by atoms with van der Waals surface area (Å²) in [4.78, 5) is 10.5. The number of aliphatic carboxylic acids is 1. The van der Waals surface area contributed by atoms with E-state index in [1.807, 2.05) is 0 Å². The molecule has 4 nitrogen and oxygen atoms in total. The minimum absolute atomic E-state index is 0.259. The molecule has 19 heavy (non-hydrogen) atoms. The molecule has 1 atom stereocenters. The van der Waals surface area contributed by atoms with Crippen molar-refractivity contribution in [2.45, 2.75) is 64.9 Å². The van der Waals surface area contributed by atoms with Crippen molar-refractivity contribution in [1.29, 1.82) is 0 Å². The largest absolute Gasteiger partial charge is 0.478 e. The Kier molecular flexibility index (Phi) is 11.6. The third kappa shape index (κ3) is 11.9. The standard InChI is InChI=1S/C15H28O4/c1-3-4-5-6-7-8-11-19-12-14(16)10-9-13(2)15(17)18/h9,14,16H,3-8,10-12H2,1-2H3,(H,17,18). The molecule has 0 spiro atoms. The van der Waals surface area contributed by atoms with Gasteiger partial charge in [-0.1, -0.05) is 45.1 Å². The van der Waals surface area contributed by atoms with E-state index in [-0.39, 0.29) is 12.2 Å². The maximum absolute atomic E-state index is 10.5. The van der Waals surface area contributed by atoms with E-state index < -0.39 is 12.1 Å². The maximum atomic E-state index is 10.5. The fraction of sp³-hybridized carbons (Fsp3) is 0.800. The van der Waals surface area contributed by atoms with Crippen molar-refractivity contribution < 1.29 is 19.7 Å². The summed E-state index contributed by atoms with van der Waals surface area (Å²) in [5.74, 6) is -0.944. The molecule has 112 valence electrons. The van der Waals surface area contributed by atoms with Crippen LogP contribution in [0, 0.1) is 0 Å². The van der Waals surface area contributed by atoms with Gasteiger partial charge in [-0.15, -0.1) is 0 Å². The van der Waals surface area contributed by atoms with Gasteiger partial charge in [0.25, 0.3) is 0 Å². The van der Waals surface area contributed by atoms with Crippen LogP contribution in [0.2, 0.25) is 0 Å². The Morgan fingerprint density at radius 3 is 2.47 bits per heavy atom. The number of carboxylic acids is 1. The fourth-order valence-corrected chi connectivity index (χ4v) is 1.67. The molecule has 0 aliphatic heterocycles. The minimum Gasteiger partial charge on any atom is -0.478 e. The normalized spacial score (nSPS) is 13.5. The first-order chi connectivity index (χ1) is 9.07. The van der Waals surface area contributed by atoms with Crippen LogP contribution in [0.25, 0.3) is 0 Å². The molecule has 1 unspecified atom stereocenters. The van der Waals surface area contributed by atoms with Crippen molar-refractivity contribution in [2.75, 3.05) is 13.2 Å². The summed E-state index contributed by atoms with van der Waals surface area (Å²) in [6, 6.07) is 0. The second kappa shape index (κ2) is 12.2. The smallest absolute Gasteiger partial charge is 0.330 e. The van der Waals surface area contributed by atoms with E-state index in [9.17, 15) is 9.90 Å². The van der Waals surface area contributed by atoms with Crippen LogP contribution >= 0.6 is 0 Å². The second-order valence-electron chi connectivity index (χ2n) is 4.92. The van der Waals surface area contributed by atoms with Gasteiger partial charge in [-0.2, -0.15) is 0 Å². The number of carbonyl (C=O) groups is 1. The summed E-state index contributed by atoms with van der Waals surface area (Å²) in [6.07, 6.45) is 8.54. The van der Waals surface area contributed by atoms with Crippen LogP contribution in [0.5, 0.6) is 0 Å². The van der Waals surface area contributed by atoms with Crippen molar-refractivity contribution in [1.82, 2.24) is 0 Å². The van der Waals surface area contributed by atoms with E-state index in [1.165, 1.54) is 45.1 Å². The summed E-state index contributed by atoms with van der Waals surface area (Å²) in [6.45, 7) is 4.67. The lowest BCUT2D eigenvalue weighted by Crippen LogP contribution is -2.15. The highest BCUT2D eigenvalue weighted by Gasteiger charge is 2.04. The van der Waals surface area contributed by atoms with E-state index in [2.05, 4.69) is 6.92 Å². The van der Waals surface area contributed by atoms with Gasteiger partial charge >= 0.3 is 5.97 Å². The molecule has 0 amide bonds. The quantitative estimate of drug-likeness (QED) is 0.423. The van der Waals surface area contributed by atoms with Crippen LogP contribution in [0.15, 0.2) is 11.6 Å². The third-order valence-electron chi connectivity index (χ3n) is 2.99. The molecule has 0 aromatic carbocycles. The molecular formula is C15H28O4. The molecule has 0 saturated carbocycles.